The van der Waals surface area contributed by atoms with Crippen molar-refractivity contribution in [2.24, 2.45) is 0 Å². The van der Waals surface area contributed by atoms with Crippen LogP contribution in [0.4, 0.5) is 0 Å². The lowest BCUT2D eigenvalue weighted by atomic mass is 10.1. The lowest BCUT2D eigenvalue weighted by molar-refractivity contribution is 0.155. The van der Waals surface area contributed by atoms with Crippen LogP contribution in [0.3, 0.4) is 0 Å². The van der Waals surface area contributed by atoms with E-state index in [4.69, 9.17) is 9.84 Å². The molecule has 0 aliphatic heterocycles. The van der Waals surface area contributed by atoms with E-state index in [1.807, 2.05) is 12.1 Å². The molecule has 2 N–H and O–H groups in total. The SMILES string of the molecule is CC(O)CCOc1ccc(CNC(C)(C)C)nc1. The van der Waals surface area contributed by atoms with Gasteiger partial charge in [-0.05, 0) is 39.8 Å². The molecule has 1 heterocycles. The molecular weight excluding hydrogens is 228 g/mol. The van der Waals surface area contributed by atoms with Gasteiger partial charge in [0.05, 0.1) is 24.6 Å². The molecule has 4 heteroatoms. The van der Waals surface area contributed by atoms with Crippen molar-refractivity contribution in [3.63, 3.8) is 0 Å². The molecule has 0 spiro atoms. The van der Waals surface area contributed by atoms with Crippen LogP contribution in [0.1, 0.15) is 39.8 Å². The summed E-state index contributed by atoms with van der Waals surface area (Å²) >= 11 is 0. The molecule has 1 atom stereocenters. The molecule has 1 unspecified atom stereocenters. The molecule has 0 aliphatic rings. The lowest BCUT2D eigenvalue weighted by Crippen LogP contribution is -2.35. The third kappa shape index (κ3) is 6.57. The summed E-state index contributed by atoms with van der Waals surface area (Å²) in [6.45, 7) is 9.39. The Balaban J connectivity index is 2.38. The van der Waals surface area contributed by atoms with Gasteiger partial charge in [-0.2, -0.15) is 0 Å². The molecule has 0 aliphatic carbocycles. The molecule has 0 fully saturated rings. The number of hydrogen-bond donors (Lipinski definition) is 2. The first-order valence-electron chi connectivity index (χ1n) is 6.37. The van der Waals surface area contributed by atoms with Gasteiger partial charge >= 0.3 is 0 Å². The van der Waals surface area contributed by atoms with Crippen molar-refractivity contribution in [2.45, 2.75) is 52.3 Å². The normalized spacial score (nSPS) is 13.4. The first kappa shape index (κ1) is 14.9. The Morgan fingerprint density at radius 1 is 1.39 bits per heavy atom. The summed E-state index contributed by atoms with van der Waals surface area (Å²) in [5.41, 5.74) is 1.08. The van der Waals surface area contributed by atoms with Crippen LogP contribution in [0.25, 0.3) is 0 Å². The van der Waals surface area contributed by atoms with Gasteiger partial charge in [-0.3, -0.25) is 4.98 Å². The highest BCUT2D eigenvalue weighted by molar-refractivity contribution is 5.19. The third-order valence-electron chi connectivity index (χ3n) is 2.40. The van der Waals surface area contributed by atoms with Gasteiger partial charge in [-0.1, -0.05) is 0 Å². The van der Waals surface area contributed by atoms with Crippen molar-refractivity contribution >= 4 is 0 Å². The monoisotopic (exact) mass is 252 g/mol. The van der Waals surface area contributed by atoms with Gasteiger partial charge in [0.25, 0.3) is 0 Å². The highest BCUT2D eigenvalue weighted by Gasteiger charge is 2.08. The summed E-state index contributed by atoms with van der Waals surface area (Å²) in [4.78, 5) is 4.33. The van der Waals surface area contributed by atoms with Gasteiger partial charge in [-0.25, -0.2) is 0 Å². The summed E-state index contributed by atoms with van der Waals surface area (Å²) < 4.78 is 5.47. The van der Waals surface area contributed by atoms with E-state index < -0.39 is 0 Å². The zero-order chi connectivity index (χ0) is 13.6. The molecule has 1 aromatic heterocycles. The molecule has 0 saturated carbocycles. The standard InChI is InChI=1S/C14H24N2O2/c1-11(17)7-8-18-13-6-5-12(15-10-13)9-16-14(2,3)4/h5-6,10-11,16-17H,7-9H2,1-4H3. The van der Waals surface area contributed by atoms with Crippen LogP contribution in [-0.4, -0.2) is 28.3 Å². The van der Waals surface area contributed by atoms with Gasteiger partial charge in [0.2, 0.25) is 0 Å². The second-order valence-electron chi connectivity index (χ2n) is 5.57. The van der Waals surface area contributed by atoms with E-state index in [-0.39, 0.29) is 11.6 Å². The summed E-state index contributed by atoms with van der Waals surface area (Å²) in [5.74, 6) is 0.746. The molecule has 0 saturated heterocycles. The number of pyridine rings is 1. The Kier molecular flexibility index (Phi) is 5.56. The molecule has 0 radical (unpaired) electrons. The number of ether oxygens (including phenoxy) is 1. The fourth-order valence-corrected chi connectivity index (χ4v) is 1.30. The van der Waals surface area contributed by atoms with Crippen molar-refractivity contribution in [3.05, 3.63) is 24.0 Å². The van der Waals surface area contributed by atoms with Gasteiger partial charge in [0.1, 0.15) is 5.75 Å². The second kappa shape index (κ2) is 6.71. The predicted octanol–water partition coefficient (Wildman–Crippen LogP) is 2.12. The van der Waals surface area contributed by atoms with E-state index in [0.29, 0.717) is 13.0 Å². The summed E-state index contributed by atoms with van der Waals surface area (Å²) in [7, 11) is 0. The van der Waals surface area contributed by atoms with Crippen molar-refractivity contribution in [1.29, 1.82) is 0 Å². The Bertz CT molecular complexity index is 342. The smallest absolute Gasteiger partial charge is 0.137 e. The molecule has 0 amide bonds. The Morgan fingerprint density at radius 3 is 2.61 bits per heavy atom. The molecule has 0 aromatic carbocycles. The highest BCUT2D eigenvalue weighted by atomic mass is 16.5. The minimum absolute atomic E-state index is 0.0914. The average molecular weight is 252 g/mol. The fourth-order valence-electron chi connectivity index (χ4n) is 1.30. The van der Waals surface area contributed by atoms with Crippen LogP contribution in [0.5, 0.6) is 5.75 Å². The van der Waals surface area contributed by atoms with Gasteiger partial charge < -0.3 is 15.2 Å². The molecule has 4 nitrogen and oxygen atoms in total. The molecule has 0 bridgehead atoms. The van der Waals surface area contributed by atoms with E-state index in [1.165, 1.54) is 0 Å². The minimum Gasteiger partial charge on any atom is -0.492 e. The summed E-state index contributed by atoms with van der Waals surface area (Å²) in [6, 6.07) is 3.87. The van der Waals surface area contributed by atoms with Crippen LogP contribution >= 0.6 is 0 Å². The maximum Gasteiger partial charge on any atom is 0.137 e. The maximum atomic E-state index is 9.12. The van der Waals surface area contributed by atoms with Crippen LogP contribution in [-0.2, 0) is 6.54 Å². The number of aliphatic hydroxyl groups excluding tert-OH is 1. The zero-order valence-electron chi connectivity index (χ0n) is 11.7. The highest BCUT2D eigenvalue weighted by Crippen LogP contribution is 2.10. The first-order chi connectivity index (χ1) is 8.37. The van der Waals surface area contributed by atoms with E-state index in [2.05, 4.69) is 31.1 Å². The van der Waals surface area contributed by atoms with Crippen LogP contribution in [0.2, 0.25) is 0 Å². The number of nitrogens with zero attached hydrogens (tertiary/aromatic N) is 1. The number of aliphatic hydroxyl groups is 1. The summed E-state index contributed by atoms with van der Waals surface area (Å²) in [6.07, 6.45) is 2.03. The lowest BCUT2D eigenvalue weighted by Gasteiger charge is -2.20. The van der Waals surface area contributed by atoms with E-state index in [0.717, 1.165) is 18.0 Å². The van der Waals surface area contributed by atoms with Crippen LogP contribution < -0.4 is 10.1 Å². The van der Waals surface area contributed by atoms with E-state index in [1.54, 1.807) is 13.1 Å². The Morgan fingerprint density at radius 2 is 2.11 bits per heavy atom. The van der Waals surface area contributed by atoms with Crippen LogP contribution in [0, 0.1) is 0 Å². The predicted molar refractivity (Wildman–Crippen MR) is 72.6 cm³/mol. The summed E-state index contributed by atoms with van der Waals surface area (Å²) in [5, 5.41) is 12.5. The molecule has 1 aromatic rings. The maximum absolute atomic E-state index is 9.12. The van der Waals surface area contributed by atoms with E-state index >= 15 is 0 Å². The molecule has 1 rings (SSSR count). The Labute approximate surface area is 109 Å². The second-order valence-corrected chi connectivity index (χ2v) is 5.57. The quantitative estimate of drug-likeness (QED) is 0.814. The number of aromatic nitrogens is 1. The van der Waals surface area contributed by atoms with Crippen molar-refractivity contribution in [3.8, 4) is 5.75 Å². The zero-order valence-corrected chi connectivity index (χ0v) is 11.7. The number of rotatable bonds is 6. The minimum atomic E-state index is -0.326. The van der Waals surface area contributed by atoms with Crippen molar-refractivity contribution in [2.75, 3.05) is 6.61 Å². The molecule has 102 valence electrons. The van der Waals surface area contributed by atoms with Crippen molar-refractivity contribution in [1.82, 2.24) is 10.3 Å². The molecular formula is C14H24N2O2. The number of hydrogen-bond acceptors (Lipinski definition) is 4. The van der Waals surface area contributed by atoms with Gasteiger partial charge in [0.15, 0.2) is 0 Å². The number of nitrogens with one attached hydrogen (secondary N) is 1. The topological polar surface area (TPSA) is 54.4 Å². The Hall–Kier alpha value is -1.13. The largest absolute Gasteiger partial charge is 0.492 e. The van der Waals surface area contributed by atoms with E-state index in [9.17, 15) is 0 Å². The van der Waals surface area contributed by atoms with Gasteiger partial charge in [-0.15, -0.1) is 0 Å². The van der Waals surface area contributed by atoms with Crippen molar-refractivity contribution < 1.29 is 9.84 Å². The third-order valence-corrected chi connectivity index (χ3v) is 2.40. The van der Waals surface area contributed by atoms with Crippen LogP contribution in [0.15, 0.2) is 18.3 Å². The average Bonchev–Trinajstić information content (AvgIpc) is 2.26. The molecule has 18 heavy (non-hydrogen) atoms. The fraction of sp³-hybridized carbons (Fsp3) is 0.643. The first-order valence-corrected chi connectivity index (χ1v) is 6.37. The van der Waals surface area contributed by atoms with Gasteiger partial charge in [0, 0.05) is 18.5 Å².